The van der Waals surface area contributed by atoms with E-state index in [2.05, 4.69) is 5.10 Å². The number of phenolic OH excluding ortho intramolecular Hbond substituents is 2. The highest BCUT2D eigenvalue weighted by Gasteiger charge is 2.22. The van der Waals surface area contributed by atoms with Crippen molar-refractivity contribution in [2.24, 2.45) is 0 Å². The van der Waals surface area contributed by atoms with E-state index in [0.717, 1.165) is 23.4 Å². The summed E-state index contributed by atoms with van der Waals surface area (Å²) in [6, 6.07) is 19.8. The minimum Gasteiger partial charge on any atom is -0.507 e. The largest absolute Gasteiger partial charge is 0.507 e. The topological polar surface area (TPSA) is 91.1 Å². The van der Waals surface area contributed by atoms with Crippen LogP contribution in [0.15, 0.2) is 72.9 Å². The zero-order valence-corrected chi connectivity index (χ0v) is 21.5. The number of nitrogens with zero attached hydrogens (tertiary/aromatic N) is 4. The van der Waals surface area contributed by atoms with Gasteiger partial charge in [0.25, 0.3) is 5.91 Å². The minimum atomic E-state index is -0.385. The molecule has 0 spiro atoms. The Morgan fingerprint density at radius 1 is 0.973 bits per heavy atom. The molecule has 1 amide bonds. The molecule has 0 aliphatic heterocycles. The molecule has 0 aliphatic rings. The van der Waals surface area contributed by atoms with Crippen molar-refractivity contribution < 1.29 is 19.7 Å². The third-order valence-electron chi connectivity index (χ3n) is 6.13. The molecule has 0 saturated carbocycles. The van der Waals surface area contributed by atoms with E-state index in [1.165, 1.54) is 17.0 Å². The van der Waals surface area contributed by atoms with Crippen LogP contribution in [0.2, 0.25) is 0 Å². The molecule has 4 rings (SSSR count). The lowest BCUT2D eigenvalue weighted by atomic mass is 10.0. The van der Waals surface area contributed by atoms with Crippen LogP contribution in [0.1, 0.15) is 21.5 Å². The van der Waals surface area contributed by atoms with Gasteiger partial charge in [-0.25, -0.2) is 4.68 Å². The summed E-state index contributed by atoms with van der Waals surface area (Å²) in [5, 5.41) is 25.7. The number of aryl methyl sites for hydroxylation is 1. The number of hydrogen-bond acceptors (Lipinski definition) is 6. The minimum absolute atomic E-state index is 0.0823. The number of amides is 1. The second-order valence-electron chi connectivity index (χ2n) is 9.22. The monoisotopic (exact) mass is 500 g/mol. The summed E-state index contributed by atoms with van der Waals surface area (Å²) in [6.07, 6.45) is 1.63. The van der Waals surface area contributed by atoms with Crippen molar-refractivity contribution in [3.05, 3.63) is 89.6 Å². The van der Waals surface area contributed by atoms with Gasteiger partial charge in [-0.15, -0.1) is 0 Å². The molecule has 0 bridgehead atoms. The standard InChI is InChI=1S/C29H32N4O4/c1-20-9-5-7-11-24(20)33-25(13-14-30-33)22-17-23(27(35)18-26(22)34)29(36)32(4)19-21-10-6-8-12-28(21)37-16-15-31(2)3/h5-14,17-18,34-35H,15-16,19H2,1-4H3. The van der Waals surface area contributed by atoms with Gasteiger partial charge in [-0.2, -0.15) is 5.10 Å². The summed E-state index contributed by atoms with van der Waals surface area (Å²) >= 11 is 0. The number of para-hydroxylation sites is 2. The van der Waals surface area contributed by atoms with Crippen LogP contribution in [0.3, 0.4) is 0 Å². The zero-order valence-electron chi connectivity index (χ0n) is 21.5. The van der Waals surface area contributed by atoms with Gasteiger partial charge in [0, 0.05) is 37.3 Å². The number of aromatic nitrogens is 2. The highest BCUT2D eigenvalue weighted by atomic mass is 16.5. The molecular weight excluding hydrogens is 468 g/mol. The van der Waals surface area contributed by atoms with Crippen molar-refractivity contribution in [2.75, 3.05) is 34.3 Å². The number of phenols is 2. The number of hydrogen-bond donors (Lipinski definition) is 2. The van der Waals surface area contributed by atoms with Gasteiger partial charge in [-0.05, 0) is 50.8 Å². The van der Waals surface area contributed by atoms with Crippen LogP contribution >= 0.6 is 0 Å². The van der Waals surface area contributed by atoms with Crippen LogP contribution in [0.5, 0.6) is 17.2 Å². The Bertz CT molecular complexity index is 1400. The molecule has 8 nitrogen and oxygen atoms in total. The summed E-state index contributed by atoms with van der Waals surface area (Å²) in [6.45, 7) is 3.56. The van der Waals surface area contributed by atoms with E-state index < -0.39 is 0 Å². The van der Waals surface area contributed by atoms with Gasteiger partial charge in [-0.3, -0.25) is 4.79 Å². The molecule has 1 aromatic heterocycles. The lowest BCUT2D eigenvalue weighted by molar-refractivity contribution is 0.0781. The maximum atomic E-state index is 13.4. The van der Waals surface area contributed by atoms with E-state index in [-0.39, 0.29) is 29.5 Å². The normalized spacial score (nSPS) is 11.1. The third kappa shape index (κ3) is 5.76. The molecule has 8 heteroatoms. The maximum absolute atomic E-state index is 13.4. The first-order valence-corrected chi connectivity index (χ1v) is 12.0. The lowest BCUT2D eigenvalue weighted by Crippen LogP contribution is -2.27. The van der Waals surface area contributed by atoms with Gasteiger partial charge in [0.1, 0.15) is 23.9 Å². The summed E-state index contributed by atoms with van der Waals surface area (Å²) < 4.78 is 7.64. The van der Waals surface area contributed by atoms with E-state index in [1.807, 2.05) is 74.4 Å². The predicted octanol–water partition coefficient (Wildman–Crippen LogP) is 4.47. The molecule has 4 aromatic rings. The molecule has 3 aromatic carbocycles. The number of carbonyl (C=O) groups is 1. The smallest absolute Gasteiger partial charge is 0.257 e. The SMILES string of the molecule is Cc1ccccc1-n1nccc1-c1cc(C(=O)N(C)Cc2ccccc2OCCN(C)C)c(O)cc1O. The molecule has 2 N–H and O–H groups in total. The molecule has 0 radical (unpaired) electrons. The quantitative estimate of drug-likeness (QED) is 0.352. The maximum Gasteiger partial charge on any atom is 0.257 e. The van der Waals surface area contributed by atoms with Crippen molar-refractivity contribution in [3.63, 3.8) is 0 Å². The Kier molecular flexibility index (Phi) is 7.79. The van der Waals surface area contributed by atoms with Gasteiger partial charge >= 0.3 is 0 Å². The highest BCUT2D eigenvalue weighted by molar-refractivity contribution is 5.98. The van der Waals surface area contributed by atoms with Crippen LogP contribution in [0.4, 0.5) is 0 Å². The molecular formula is C29H32N4O4. The summed E-state index contributed by atoms with van der Waals surface area (Å²) in [7, 11) is 5.63. The fourth-order valence-electron chi connectivity index (χ4n) is 4.10. The zero-order chi connectivity index (χ0) is 26.5. The second-order valence-corrected chi connectivity index (χ2v) is 9.22. The van der Waals surface area contributed by atoms with Crippen molar-refractivity contribution in [1.29, 1.82) is 0 Å². The average Bonchev–Trinajstić information content (AvgIpc) is 3.34. The van der Waals surface area contributed by atoms with Gasteiger partial charge in [0.15, 0.2) is 0 Å². The Morgan fingerprint density at radius 3 is 2.46 bits per heavy atom. The van der Waals surface area contributed by atoms with Crippen LogP contribution in [-0.2, 0) is 6.54 Å². The summed E-state index contributed by atoms with van der Waals surface area (Å²) in [5.41, 5.74) is 3.79. The number of ether oxygens (including phenoxy) is 1. The summed E-state index contributed by atoms with van der Waals surface area (Å²) in [5.74, 6) is -0.118. The number of carbonyl (C=O) groups excluding carboxylic acids is 1. The third-order valence-corrected chi connectivity index (χ3v) is 6.13. The van der Waals surface area contributed by atoms with E-state index >= 15 is 0 Å². The van der Waals surface area contributed by atoms with Crippen LogP contribution in [-0.4, -0.2) is 70.0 Å². The molecule has 0 atom stereocenters. The van der Waals surface area contributed by atoms with Crippen molar-refractivity contribution >= 4 is 5.91 Å². The Morgan fingerprint density at radius 2 is 1.70 bits per heavy atom. The fourth-order valence-corrected chi connectivity index (χ4v) is 4.10. The Balaban J connectivity index is 1.62. The first-order chi connectivity index (χ1) is 17.8. The fraction of sp³-hybridized carbons (Fsp3) is 0.241. The van der Waals surface area contributed by atoms with Crippen LogP contribution in [0.25, 0.3) is 16.9 Å². The second kappa shape index (κ2) is 11.2. The Labute approximate surface area is 217 Å². The van der Waals surface area contributed by atoms with Gasteiger partial charge in [0.05, 0.1) is 23.1 Å². The molecule has 0 saturated heterocycles. The van der Waals surface area contributed by atoms with Gasteiger partial charge in [-0.1, -0.05) is 36.4 Å². The van der Waals surface area contributed by atoms with Crippen LogP contribution < -0.4 is 4.74 Å². The average molecular weight is 501 g/mol. The molecule has 192 valence electrons. The highest BCUT2D eigenvalue weighted by Crippen LogP contribution is 2.36. The van der Waals surface area contributed by atoms with E-state index in [4.69, 9.17) is 4.74 Å². The van der Waals surface area contributed by atoms with Crippen LogP contribution in [0, 0.1) is 6.92 Å². The molecule has 37 heavy (non-hydrogen) atoms. The van der Waals surface area contributed by atoms with Crippen molar-refractivity contribution in [2.45, 2.75) is 13.5 Å². The van der Waals surface area contributed by atoms with Crippen molar-refractivity contribution in [1.82, 2.24) is 19.6 Å². The number of aromatic hydroxyl groups is 2. The number of benzene rings is 3. The lowest BCUT2D eigenvalue weighted by Gasteiger charge is -2.21. The van der Waals surface area contributed by atoms with Gasteiger partial charge in [0.2, 0.25) is 0 Å². The van der Waals surface area contributed by atoms with Gasteiger partial charge < -0.3 is 24.7 Å². The van der Waals surface area contributed by atoms with E-state index in [1.54, 1.807) is 24.0 Å². The Hall–Kier alpha value is -4.30. The van der Waals surface area contributed by atoms with E-state index in [0.29, 0.717) is 23.6 Å². The number of rotatable bonds is 9. The first-order valence-electron chi connectivity index (χ1n) is 12.0. The molecule has 0 fully saturated rings. The van der Waals surface area contributed by atoms with Crippen molar-refractivity contribution in [3.8, 4) is 34.2 Å². The summed E-state index contributed by atoms with van der Waals surface area (Å²) in [4.78, 5) is 17.0. The van der Waals surface area contributed by atoms with E-state index in [9.17, 15) is 15.0 Å². The molecule has 0 unspecified atom stereocenters. The molecule has 0 aliphatic carbocycles. The number of likely N-dealkylation sites (N-methyl/N-ethyl adjacent to an activating group) is 1. The molecule has 1 heterocycles. The predicted molar refractivity (Wildman–Crippen MR) is 143 cm³/mol. The first kappa shape index (κ1) is 25.8.